The number of aromatic nitrogens is 2. The first-order chi connectivity index (χ1) is 14.7. The van der Waals surface area contributed by atoms with E-state index in [-0.39, 0.29) is 31.1 Å². The Kier molecular flexibility index (Phi) is 6.91. The molecule has 2 heterocycles. The van der Waals surface area contributed by atoms with Crippen molar-refractivity contribution in [2.75, 3.05) is 20.3 Å². The topological polar surface area (TPSA) is 64.4 Å². The van der Waals surface area contributed by atoms with Gasteiger partial charge in [0.15, 0.2) is 5.69 Å². The van der Waals surface area contributed by atoms with Crippen molar-refractivity contribution in [3.63, 3.8) is 0 Å². The van der Waals surface area contributed by atoms with Gasteiger partial charge in [0.2, 0.25) is 5.43 Å². The number of aryl methyl sites for hydroxylation is 1. The number of rotatable bonds is 7. The highest BCUT2D eigenvalue weighted by Gasteiger charge is 2.31. The standard InChI is InChI=1S/C21H20F3N3O3S/c1-14-11-18(28)19(20(29)26(8-9-30-2)13-17-7-4-10-31-17)25-27(14)16-6-3-5-15(12-16)21(22,23)24/h3-7,10-12H,8-9,13H2,1-2H3. The number of methoxy groups -OCH3 is 1. The molecule has 0 saturated carbocycles. The van der Waals surface area contributed by atoms with E-state index in [1.54, 1.807) is 0 Å². The molecular weight excluding hydrogens is 431 g/mol. The van der Waals surface area contributed by atoms with Crippen molar-refractivity contribution >= 4 is 17.2 Å². The van der Waals surface area contributed by atoms with E-state index in [9.17, 15) is 22.8 Å². The van der Waals surface area contributed by atoms with Crippen molar-refractivity contribution in [2.45, 2.75) is 19.6 Å². The third-order valence-corrected chi connectivity index (χ3v) is 5.37. The van der Waals surface area contributed by atoms with E-state index in [1.165, 1.54) is 53.2 Å². The molecule has 0 saturated heterocycles. The monoisotopic (exact) mass is 451 g/mol. The summed E-state index contributed by atoms with van der Waals surface area (Å²) < 4.78 is 45.6. The molecule has 0 radical (unpaired) electrons. The molecular formula is C21H20F3N3O3S. The minimum absolute atomic E-state index is 0.100. The Hall–Kier alpha value is -2.98. The van der Waals surface area contributed by atoms with Crippen LogP contribution in [0.25, 0.3) is 5.69 Å². The summed E-state index contributed by atoms with van der Waals surface area (Å²) >= 11 is 1.46. The lowest BCUT2D eigenvalue weighted by atomic mass is 10.2. The molecule has 0 N–H and O–H groups in total. The first kappa shape index (κ1) is 22.7. The Balaban J connectivity index is 2.01. The van der Waals surface area contributed by atoms with Gasteiger partial charge in [0.1, 0.15) is 0 Å². The molecule has 1 aromatic carbocycles. The highest BCUT2D eigenvalue weighted by molar-refractivity contribution is 7.09. The zero-order valence-electron chi connectivity index (χ0n) is 16.8. The number of hydrogen-bond acceptors (Lipinski definition) is 5. The fourth-order valence-electron chi connectivity index (χ4n) is 2.97. The van der Waals surface area contributed by atoms with Crippen LogP contribution in [0.3, 0.4) is 0 Å². The molecule has 0 fully saturated rings. The normalized spacial score (nSPS) is 11.5. The lowest BCUT2D eigenvalue weighted by molar-refractivity contribution is -0.137. The minimum Gasteiger partial charge on any atom is -0.383 e. The average Bonchev–Trinajstić information content (AvgIpc) is 3.23. The van der Waals surface area contributed by atoms with Gasteiger partial charge in [-0.1, -0.05) is 12.1 Å². The molecule has 6 nitrogen and oxygen atoms in total. The average molecular weight is 451 g/mol. The molecule has 2 aromatic heterocycles. The maximum Gasteiger partial charge on any atom is 0.416 e. The quantitative estimate of drug-likeness (QED) is 0.547. The van der Waals surface area contributed by atoms with Crippen LogP contribution in [0.5, 0.6) is 0 Å². The minimum atomic E-state index is -4.53. The summed E-state index contributed by atoms with van der Waals surface area (Å²) in [5, 5.41) is 6.01. The van der Waals surface area contributed by atoms with E-state index in [0.29, 0.717) is 5.69 Å². The van der Waals surface area contributed by atoms with Gasteiger partial charge in [0.25, 0.3) is 5.91 Å². The summed E-state index contributed by atoms with van der Waals surface area (Å²) in [7, 11) is 1.50. The molecule has 10 heteroatoms. The predicted molar refractivity (Wildman–Crippen MR) is 111 cm³/mol. The zero-order valence-corrected chi connectivity index (χ0v) is 17.7. The number of hydrogen-bond donors (Lipinski definition) is 0. The van der Waals surface area contributed by atoms with Crippen LogP contribution in [0, 0.1) is 6.92 Å². The van der Waals surface area contributed by atoms with Crippen molar-refractivity contribution < 1.29 is 22.7 Å². The Labute approximate surface area is 180 Å². The Morgan fingerprint density at radius 2 is 2.00 bits per heavy atom. The smallest absolute Gasteiger partial charge is 0.383 e. The molecule has 0 bridgehead atoms. The van der Waals surface area contributed by atoms with Crippen LogP contribution >= 0.6 is 11.3 Å². The molecule has 0 aliphatic carbocycles. The summed E-state index contributed by atoms with van der Waals surface area (Å²) in [5.74, 6) is -0.615. The summed E-state index contributed by atoms with van der Waals surface area (Å²) in [6, 6.07) is 9.46. The molecule has 31 heavy (non-hydrogen) atoms. The summed E-state index contributed by atoms with van der Waals surface area (Å²) in [5.41, 5.74) is -1.40. The van der Waals surface area contributed by atoms with Gasteiger partial charge in [-0.15, -0.1) is 11.3 Å². The van der Waals surface area contributed by atoms with Gasteiger partial charge in [-0.3, -0.25) is 9.59 Å². The fourth-order valence-corrected chi connectivity index (χ4v) is 3.68. The molecule has 1 amide bonds. The number of nitrogens with zero attached hydrogens (tertiary/aromatic N) is 3. The number of alkyl halides is 3. The summed E-state index contributed by atoms with van der Waals surface area (Å²) in [4.78, 5) is 28.0. The van der Waals surface area contributed by atoms with E-state index >= 15 is 0 Å². The van der Waals surface area contributed by atoms with Gasteiger partial charge >= 0.3 is 6.18 Å². The second-order valence-electron chi connectivity index (χ2n) is 6.76. The molecule has 0 atom stereocenters. The largest absolute Gasteiger partial charge is 0.416 e. The van der Waals surface area contributed by atoms with Crippen LogP contribution in [0.15, 0.2) is 52.6 Å². The molecule has 0 aliphatic rings. The van der Waals surface area contributed by atoms with Crippen molar-refractivity contribution in [1.82, 2.24) is 14.7 Å². The van der Waals surface area contributed by atoms with Gasteiger partial charge in [-0.25, -0.2) is 4.68 Å². The molecule has 0 unspecified atom stereocenters. The number of benzene rings is 1. The van der Waals surface area contributed by atoms with Crippen LogP contribution in [-0.4, -0.2) is 40.8 Å². The zero-order chi connectivity index (χ0) is 22.6. The van der Waals surface area contributed by atoms with Crippen LogP contribution in [0.2, 0.25) is 0 Å². The van der Waals surface area contributed by atoms with E-state index in [1.807, 2.05) is 17.5 Å². The van der Waals surface area contributed by atoms with Crippen LogP contribution in [0.1, 0.15) is 26.6 Å². The van der Waals surface area contributed by atoms with Crippen molar-refractivity contribution in [1.29, 1.82) is 0 Å². The number of carbonyl (C=O) groups excluding carboxylic acids is 1. The highest BCUT2D eigenvalue weighted by Crippen LogP contribution is 2.30. The van der Waals surface area contributed by atoms with Gasteiger partial charge < -0.3 is 9.64 Å². The lowest BCUT2D eigenvalue weighted by Gasteiger charge is -2.22. The molecule has 164 valence electrons. The van der Waals surface area contributed by atoms with Gasteiger partial charge in [-0.05, 0) is 36.6 Å². The van der Waals surface area contributed by atoms with E-state index in [4.69, 9.17) is 4.74 Å². The number of amides is 1. The second kappa shape index (κ2) is 9.44. The number of carbonyl (C=O) groups is 1. The Morgan fingerprint density at radius 1 is 1.23 bits per heavy atom. The molecule has 0 spiro atoms. The van der Waals surface area contributed by atoms with E-state index in [2.05, 4.69) is 5.10 Å². The molecule has 0 aliphatic heterocycles. The number of ether oxygens (including phenoxy) is 1. The van der Waals surface area contributed by atoms with E-state index < -0.39 is 23.1 Å². The van der Waals surface area contributed by atoms with Crippen LogP contribution < -0.4 is 5.43 Å². The predicted octanol–water partition coefficient (Wildman–Crippen LogP) is 3.91. The maximum absolute atomic E-state index is 13.1. The highest BCUT2D eigenvalue weighted by atomic mass is 32.1. The van der Waals surface area contributed by atoms with E-state index in [0.717, 1.165) is 17.0 Å². The van der Waals surface area contributed by atoms with Gasteiger partial charge in [-0.2, -0.15) is 18.3 Å². The van der Waals surface area contributed by atoms with Crippen LogP contribution in [-0.2, 0) is 17.5 Å². The second-order valence-corrected chi connectivity index (χ2v) is 7.79. The SMILES string of the molecule is COCCN(Cc1cccs1)C(=O)c1nn(-c2cccc(C(F)(F)F)c2)c(C)cc1=O. The molecule has 3 aromatic rings. The fraction of sp³-hybridized carbons (Fsp3) is 0.286. The van der Waals surface area contributed by atoms with Crippen molar-refractivity contribution in [3.8, 4) is 5.69 Å². The van der Waals surface area contributed by atoms with Gasteiger partial charge in [0, 0.05) is 30.3 Å². The first-order valence-corrected chi connectivity index (χ1v) is 10.2. The Bertz CT molecular complexity index is 1110. The lowest BCUT2D eigenvalue weighted by Crippen LogP contribution is -2.37. The first-order valence-electron chi connectivity index (χ1n) is 9.30. The maximum atomic E-state index is 13.1. The Morgan fingerprint density at radius 3 is 2.65 bits per heavy atom. The van der Waals surface area contributed by atoms with Crippen molar-refractivity contribution in [3.05, 3.63) is 79.9 Å². The third-order valence-electron chi connectivity index (χ3n) is 4.51. The van der Waals surface area contributed by atoms with Crippen molar-refractivity contribution in [2.24, 2.45) is 0 Å². The summed E-state index contributed by atoms with van der Waals surface area (Å²) in [6.45, 7) is 2.28. The number of thiophene rings is 1. The van der Waals surface area contributed by atoms with Crippen LogP contribution in [0.4, 0.5) is 13.2 Å². The summed E-state index contributed by atoms with van der Waals surface area (Å²) in [6.07, 6.45) is -4.53. The molecule has 3 rings (SSSR count). The number of halogens is 3. The third kappa shape index (κ3) is 5.39. The van der Waals surface area contributed by atoms with Gasteiger partial charge in [0.05, 0.1) is 24.4 Å².